The Kier molecular flexibility index (Phi) is 5.96. The molecule has 0 fully saturated rings. The summed E-state index contributed by atoms with van der Waals surface area (Å²) < 4.78 is 5.02. The third-order valence-corrected chi connectivity index (χ3v) is 3.68. The van der Waals surface area contributed by atoms with Crippen molar-refractivity contribution in [3.8, 4) is 5.75 Å². The summed E-state index contributed by atoms with van der Waals surface area (Å²) in [7, 11) is 0. The second-order valence-electron chi connectivity index (χ2n) is 4.59. The Morgan fingerprint density at radius 3 is 2.54 bits per heavy atom. The van der Waals surface area contributed by atoms with Gasteiger partial charge in [0.1, 0.15) is 16.5 Å². The lowest BCUT2D eigenvalue weighted by Gasteiger charge is -2.04. The van der Waals surface area contributed by atoms with E-state index in [-0.39, 0.29) is 4.91 Å². The molecule has 0 aliphatic rings. The molecule has 3 N–H and O–H groups in total. The largest absolute Gasteiger partial charge is 0.482 e. The van der Waals surface area contributed by atoms with Crippen molar-refractivity contribution in [3.63, 3.8) is 0 Å². The maximum atomic E-state index is 11.4. The van der Waals surface area contributed by atoms with Gasteiger partial charge in [-0.2, -0.15) is 0 Å². The highest BCUT2D eigenvalue weighted by atomic mass is 32.2. The first-order chi connectivity index (χ1) is 11.5. The lowest BCUT2D eigenvalue weighted by molar-refractivity contribution is -0.139. The number of aryl methyl sites for hydroxylation is 1. The number of aromatic nitrogens is 3. The lowest BCUT2D eigenvalue weighted by atomic mass is 10.2. The predicted molar refractivity (Wildman–Crippen MR) is 86.8 cm³/mol. The summed E-state index contributed by atoms with van der Waals surface area (Å²) in [6, 6.07) is 6.41. The van der Waals surface area contributed by atoms with Gasteiger partial charge in [-0.3, -0.25) is 5.10 Å². The second-order valence-corrected chi connectivity index (χ2v) is 5.59. The molecule has 0 aliphatic heterocycles. The van der Waals surface area contributed by atoms with Crippen LogP contribution in [0.4, 0.5) is 0 Å². The predicted octanol–water partition coefficient (Wildman–Crippen LogP) is 2.05. The fraction of sp³-hybridized carbons (Fsp3) is 0.200. The van der Waals surface area contributed by atoms with E-state index in [0.717, 1.165) is 11.8 Å². The molecular formula is C15H15N3O5S. The van der Waals surface area contributed by atoms with Gasteiger partial charge < -0.3 is 14.9 Å². The number of benzene rings is 1. The zero-order valence-corrected chi connectivity index (χ0v) is 13.5. The van der Waals surface area contributed by atoms with Crippen LogP contribution in [0.1, 0.15) is 18.3 Å². The Bertz CT molecular complexity index is 755. The smallest absolute Gasteiger partial charge is 0.342 e. The molecule has 0 unspecified atom stereocenters. The summed E-state index contributed by atoms with van der Waals surface area (Å²) in [6.45, 7) is 1.48. The van der Waals surface area contributed by atoms with Crippen molar-refractivity contribution in [1.29, 1.82) is 0 Å². The minimum atomic E-state index is -1.09. The fourth-order valence-electron chi connectivity index (χ4n) is 1.67. The number of H-pyrrole nitrogens is 1. The molecule has 24 heavy (non-hydrogen) atoms. The zero-order valence-electron chi connectivity index (χ0n) is 12.7. The first-order valence-electron chi connectivity index (χ1n) is 6.96. The molecule has 8 nitrogen and oxygen atoms in total. The standard InChI is InChI=1S/C15H15N3O5S/c1-2-12-16-15(18-17-12)24-11(14(21)22)7-9-3-5-10(6-4-9)23-8-13(19)20/h3-7H,2,8H2,1H3,(H,19,20)(H,21,22)(H,16,17,18)/b11-7-. The number of hydrogen-bond acceptors (Lipinski definition) is 6. The summed E-state index contributed by atoms with van der Waals surface area (Å²) >= 11 is 0.945. The van der Waals surface area contributed by atoms with Crippen molar-refractivity contribution in [2.75, 3.05) is 6.61 Å². The van der Waals surface area contributed by atoms with Crippen LogP contribution in [0.3, 0.4) is 0 Å². The number of aliphatic carboxylic acids is 2. The third kappa shape index (κ3) is 5.13. The molecule has 0 atom stereocenters. The van der Waals surface area contributed by atoms with E-state index in [1.54, 1.807) is 24.3 Å². The van der Waals surface area contributed by atoms with E-state index in [1.165, 1.54) is 6.08 Å². The molecule has 2 rings (SSSR count). The Morgan fingerprint density at radius 1 is 1.29 bits per heavy atom. The van der Waals surface area contributed by atoms with Gasteiger partial charge >= 0.3 is 11.9 Å². The Morgan fingerprint density at radius 2 is 2.00 bits per heavy atom. The van der Waals surface area contributed by atoms with Gasteiger partial charge in [0.05, 0.1) is 0 Å². The molecule has 126 valence electrons. The first-order valence-corrected chi connectivity index (χ1v) is 7.78. The fourth-order valence-corrected chi connectivity index (χ4v) is 2.40. The van der Waals surface area contributed by atoms with Gasteiger partial charge in [-0.1, -0.05) is 19.1 Å². The van der Waals surface area contributed by atoms with Crippen molar-refractivity contribution in [3.05, 3.63) is 40.6 Å². The summed E-state index contributed by atoms with van der Waals surface area (Å²) in [4.78, 5) is 26.1. The number of aromatic amines is 1. The minimum absolute atomic E-state index is 0.0656. The van der Waals surface area contributed by atoms with Crippen LogP contribution in [0.15, 0.2) is 34.3 Å². The van der Waals surface area contributed by atoms with E-state index in [4.69, 9.17) is 9.84 Å². The van der Waals surface area contributed by atoms with Crippen LogP contribution in [-0.2, 0) is 16.0 Å². The van der Waals surface area contributed by atoms with Gasteiger partial charge in [0.25, 0.3) is 0 Å². The first kappa shape index (κ1) is 17.5. The molecular weight excluding hydrogens is 334 g/mol. The van der Waals surface area contributed by atoms with Crippen molar-refractivity contribution in [2.45, 2.75) is 18.5 Å². The van der Waals surface area contributed by atoms with Gasteiger partial charge in [0, 0.05) is 6.42 Å². The molecule has 2 aromatic rings. The van der Waals surface area contributed by atoms with E-state index < -0.39 is 18.5 Å². The van der Waals surface area contributed by atoms with Gasteiger partial charge in [0.2, 0.25) is 5.16 Å². The number of carboxylic acid groups (broad SMARTS) is 2. The molecule has 0 spiro atoms. The summed E-state index contributed by atoms with van der Waals surface area (Å²) in [5.74, 6) is -1.08. The van der Waals surface area contributed by atoms with E-state index in [2.05, 4.69) is 15.2 Å². The van der Waals surface area contributed by atoms with Gasteiger partial charge in [0.15, 0.2) is 6.61 Å². The van der Waals surface area contributed by atoms with E-state index in [9.17, 15) is 14.7 Å². The average Bonchev–Trinajstić information content (AvgIpc) is 3.01. The number of hydrogen-bond donors (Lipinski definition) is 3. The maximum Gasteiger partial charge on any atom is 0.342 e. The molecule has 0 saturated heterocycles. The highest BCUT2D eigenvalue weighted by Gasteiger charge is 2.13. The molecule has 1 heterocycles. The molecule has 0 aliphatic carbocycles. The van der Waals surface area contributed by atoms with E-state index in [1.807, 2.05) is 6.92 Å². The molecule has 0 bridgehead atoms. The zero-order chi connectivity index (χ0) is 17.5. The summed E-state index contributed by atoms with van der Waals surface area (Å²) in [5, 5.41) is 24.9. The topological polar surface area (TPSA) is 125 Å². The van der Waals surface area contributed by atoms with Crippen LogP contribution in [0.2, 0.25) is 0 Å². The second kappa shape index (κ2) is 8.16. The van der Waals surface area contributed by atoms with Crippen LogP contribution in [0, 0.1) is 0 Å². The molecule has 0 radical (unpaired) electrons. The highest BCUT2D eigenvalue weighted by molar-refractivity contribution is 8.04. The Balaban J connectivity index is 2.12. The van der Waals surface area contributed by atoms with Crippen LogP contribution >= 0.6 is 11.8 Å². The number of rotatable bonds is 8. The van der Waals surface area contributed by atoms with Crippen molar-refractivity contribution >= 4 is 29.8 Å². The number of thioether (sulfide) groups is 1. The lowest BCUT2D eigenvalue weighted by Crippen LogP contribution is -2.09. The number of ether oxygens (including phenoxy) is 1. The maximum absolute atomic E-state index is 11.4. The van der Waals surface area contributed by atoms with Crippen molar-refractivity contribution in [1.82, 2.24) is 15.2 Å². The van der Waals surface area contributed by atoms with Gasteiger partial charge in [-0.25, -0.2) is 14.6 Å². The molecule has 0 amide bonds. The molecule has 1 aromatic carbocycles. The average molecular weight is 349 g/mol. The van der Waals surface area contributed by atoms with Crippen LogP contribution in [0.25, 0.3) is 6.08 Å². The van der Waals surface area contributed by atoms with Gasteiger partial charge in [-0.05, 0) is 35.5 Å². The molecule has 0 saturated carbocycles. The van der Waals surface area contributed by atoms with Crippen molar-refractivity contribution < 1.29 is 24.5 Å². The van der Waals surface area contributed by atoms with Gasteiger partial charge in [-0.15, -0.1) is 5.10 Å². The highest BCUT2D eigenvalue weighted by Crippen LogP contribution is 2.26. The normalized spacial score (nSPS) is 11.3. The quantitative estimate of drug-likeness (QED) is 0.488. The monoisotopic (exact) mass is 349 g/mol. The van der Waals surface area contributed by atoms with Crippen LogP contribution in [-0.4, -0.2) is 43.9 Å². The number of nitrogens with one attached hydrogen (secondary N) is 1. The van der Waals surface area contributed by atoms with Crippen LogP contribution < -0.4 is 4.74 Å². The third-order valence-electron chi connectivity index (χ3n) is 2.80. The summed E-state index contributed by atoms with van der Waals surface area (Å²) in [5.41, 5.74) is 0.633. The number of carboxylic acids is 2. The number of carbonyl (C=O) groups is 2. The molecule has 9 heteroatoms. The minimum Gasteiger partial charge on any atom is -0.482 e. The van der Waals surface area contributed by atoms with Crippen molar-refractivity contribution in [2.24, 2.45) is 0 Å². The Hall–Kier alpha value is -2.81. The van der Waals surface area contributed by atoms with Crippen LogP contribution in [0.5, 0.6) is 5.75 Å². The summed E-state index contributed by atoms with van der Waals surface area (Å²) in [6.07, 6.45) is 2.16. The van der Waals surface area contributed by atoms with E-state index in [0.29, 0.717) is 28.7 Å². The Labute approximate surface area is 141 Å². The SMILES string of the molecule is CCc1nc(S/C(=C\c2ccc(OCC(=O)O)cc2)C(=O)O)n[nH]1. The van der Waals surface area contributed by atoms with E-state index >= 15 is 0 Å². The number of nitrogens with zero attached hydrogens (tertiary/aromatic N) is 2. The molecule has 1 aromatic heterocycles.